The van der Waals surface area contributed by atoms with Crippen LogP contribution >= 0.6 is 0 Å². The fourth-order valence-corrected chi connectivity index (χ4v) is 1.98. The molecule has 0 aliphatic rings. The second-order valence-corrected chi connectivity index (χ2v) is 4.62. The van der Waals surface area contributed by atoms with Crippen molar-refractivity contribution in [2.24, 2.45) is 0 Å². The minimum atomic E-state index is 0.320. The molecule has 1 nitrogen and oxygen atoms in total. The van der Waals surface area contributed by atoms with Gasteiger partial charge in [0, 0.05) is 6.61 Å². The van der Waals surface area contributed by atoms with Crippen LogP contribution in [0.4, 0.5) is 0 Å². The summed E-state index contributed by atoms with van der Waals surface area (Å²) < 4.78 is 0. The molecule has 94 valence electrons. The maximum absolute atomic E-state index is 8.68. The number of allylic oxidation sites excluding steroid dienone is 1. The Morgan fingerprint density at radius 1 is 0.941 bits per heavy atom. The van der Waals surface area contributed by atoms with Crippen LogP contribution in [0.5, 0.6) is 0 Å². The maximum Gasteiger partial charge on any atom is 0.0431 e. The zero-order valence-corrected chi connectivity index (χ0v) is 10.7. The minimum Gasteiger partial charge on any atom is -0.396 e. The molecular weight excluding hydrogens is 208 g/mol. The zero-order chi connectivity index (χ0) is 12.3. The lowest BCUT2D eigenvalue weighted by Crippen LogP contribution is -1.89. The molecule has 1 heteroatoms. The Kier molecular flexibility index (Phi) is 7.40. The van der Waals surface area contributed by atoms with Crippen molar-refractivity contribution in [2.45, 2.75) is 44.9 Å². The van der Waals surface area contributed by atoms with Gasteiger partial charge in [0.15, 0.2) is 0 Å². The lowest BCUT2D eigenvalue weighted by atomic mass is 10.0. The van der Waals surface area contributed by atoms with E-state index in [1.807, 2.05) is 0 Å². The van der Waals surface area contributed by atoms with E-state index in [0.717, 1.165) is 32.1 Å². The van der Waals surface area contributed by atoms with E-state index < -0.39 is 0 Å². The standard InChI is InChI=1S/C16H24O/c1-15(9-4-3-7-14-17)10-8-13-16-11-5-2-6-12-16/h2,5-6,11-12,17H,1,3-4,7-10,13-14H2. The van der Waals surface area contributed by atoms with Crippen LogP contribution in [-0.2, 0) is 6.42 Å². The first-order chi connectivity index (χ1) is 8.33. The molecule has 0 unspecified atom stereocenters. The van der Waals surface area contributed by atoms with Gasteiger partial charge in [-0.1, -0.05) is 48.9 Å². The molecule has 1 N–H and O–H groups in total. The van der Waals surface area contributed by atoms with E-state index in [1.54, 1.807) is 0 Å². The molecule has 0 aliphatic heterocycles. The van der Waals surface area contributed by atoms with E-state index in [0.29, 0.717) is 6.61 Å². The second-order valence-electron chi connectivity index (χ2n) is 4.62. The molecule has 1 rings (SSSR count). The molecule has 0 bridgehead atoms. The minimum absolute atomic E-state index is 0.320. The predicted octanol–water partition coefficient (Wildman–Crippen LogP) is 4.12. The number of rotatable bonds is 9. The van der Waals surface area contributed by atoms with Crippen molar-refractivity contribution < 1.29 is 5.11 Å². The van der Waals surface area contributed by atoms with Gasteiger partial charge in [-0.05, 0) is 44.1 Å². The Morgan fingerprint density at radius 2 is 1.65 bits per heavy atom. The van der Waals surface area contributed by atoms with Gasteiger partial charge in [0.2, 0.25) is 0 Å². The fraction of sp³-hybridized carbons (Fsp3) is 0.500. The highest BCUT2D eigenvalue weighted by molar-refractivity contribution is 5.14. The Bertz CT molecular complexity index is 303. The summed E-state index contributed by atoms with van der Waals surface area (Å²) in [5.74, 6) is 0. The van der Waals surface area contributed by atoms with Gasteiger partial charge in [0.1, 0.15) is 0 Å². The largest absolute Gasteiger partial charge is 0.396 e. The molecule has 0 fully saturated rings. The number of hydrogen-bond donors (Lipinski definition) is 1. The number of hydrogen-bond acceptors (Lipinski definition) is 1. The molecule has 0 saturated carbocycles. The number of unbranched alkanes of at least 4 members (excludes halogenated alkanes) is 2. The molecule has 17 heavy (non-hydrogen) atoms. The van der Waals surface area contributed by atoms with Gasteiger partial charge in [0.05, 0.1) is 0 Å². The second kappa shape index (κ2) is 9.00. The predicted molar refractivity (Wildman–Crippen MR) is 74.1 cm³/mol. The number of aryl methyl sites for hydroxylation is 1. The van der Waals surface area contributed by atoms with Gasteiger partial charge in [-0.15, -0.1) is 0 Å². The summed E-state index contributed by atoms with van der Waals surface area (Å²) in [5.41, 5.74) is 2.78. The summed E-state index contributed by atoms with van der Waals surface area (Å²) in [5, 5.41) is 8.68. The molecule has 0 aromatic heterocycles. The number of benzene rings is 1. The SMILES string of the molecule is C=C(CCCCCO)CCCc1ccccc1. The van der Waals surface area contributed by atoms with E-state index in [-0.39, 0.29) is 0 Å². The highest BCUT2D eigenvalue weighted by atomic mass is 16.2. The zero-order valence-electron chi connectivity index (χ0n) is 10.7. The first-order valence-electron chi connectivity index (χ1n) is 6.64. The highest BCUT2D eigenvalue weighted by Crippen LogP contribution is 2.14. The summed E-state index contributed by atoms with van der Waals surface area (Å²) in [6, 6.07) is 10.6. The van der Waals surface area contributed by atoms with Gasteiger partial charge in [-0.3, -0.25) is 0 Å². The molecule has 0 amide bonds. The third-order valence-electron chi connectivity index (χ3n) is 3.03. The number of aliphatic hydroxyl groups excluding tert-OH is 1. The smallest absolute Gasteiger partial charge is 0.0431 e. The Labute approximate surface area is 105 Å². The summed E-state index contributed by atoms with van der Waals surface area (Å²) >= 11 is 0. The maximum atomic E-state index is 8.68. The molecular formula is C16H24O. The van der Waals surface area contributed by atoms with E-state index in [9.17, 15) is 0 Å². The molecule has 0 radical (unpaired) electrons. The van der Waals surface area contributed by atoms with E-state index in [4.69, 9.17) is 5.11 Å². The summed E-state index contributed by atoms with van der Waals surface area (Å²) in [4.78, 5) is 0. The summed E-state index contributed by atoms with van der Waals surface area (Å²) in [6.07, 6.45) is 7.82. The average molecular weight is 232 g/mol. The normalized spacial score (nSPS) is 10.4. The van der Waals surface area contributed by atoms with Gasteiger partial charge >= 0.3 is 0 Å². The molecule has 1 aromatic rings. The third-order valence-corrected chi connectivity index (χ3v) is 3.03. The topological polar surface area (TPSA) is 20.2 Å². The lowest BCUT2D eigenvalue weighted by Gasteiger charge is -2.05. The van der Waals surface area contributed by atoms with Gasteiger partial charge in [-0.25, -0.2) is 0 Å². The van der Waals surface area contributed by atoms with Crippen LogP contribution in [0.3, 0.4) is 0 Å². The van der Waals surface area contributed by atoms with E-state index in [2.05, 4.69) is 36.9 Å². The Hall–Kier alpha value is -1.08. The van der Waals surface area contributed by atoms with Crippen LogP contribution in [0.2, 0.25) is 0 Å². The molecule has 0 spiro atoms. The molecule has 0 heterocycles. The van der Waals surface area contributed by atoms with Crippen LogP contribution in [0.15, 0.2) is 42.5 Å². The van der Waals surface area contributed by atoms with Crippen LogP contribution in [0, 0.1) is 0 Å². The average Bonchev–Trinajstić information content (AvgIpc) is 2.36. The van der Waals surface area contributed by atoms with Crippen molar-refractivity contribution in [3.63, 3.8) is 0 Å². The number of aliphatic hydroxyl groups is 1. The fourth-order valence-electron chi connectivity index (χ4n) is 1.98. The van der Waals surface area contributed by atoms with Crippen molar-refractivity contribution in [3.8, 4) is 0 Å². The van der Waals surface area contributed by atoms with Crippen LogP contribution < -0.4 is 0 Å². The Morgan fingerprint density at radius 3 is 2.35 bits per heavy atom. The summed E-state index contributed by atoms with van der Waals surface area (Å²) in [6.45, 7) is 4.44. The van der Waals surface area contributed by atoms with Crippen LogP contribution in [0.1, 0.15) is 44.1 Å². The first-order valence-corrected chi connectivity index (χ1v) is 6.64. The quantitative estimate of drug-likeness (QED) is 0.501. The molecule has 0 aliphatic carbocycles. The van der Waals surface area contributed by atoms with Crippen molar-refractivity contribution in [2.75, 3.05) is 6.61 Å². The summed E-state index contributed by atoms with van der Waals surface area (Å²) in [7, 11) is 0. The molecule has 0 atom stereocenters. The molecule has 0 saturated heterocycles. The van der Waals surface area contributed by atoms with Crippen LogP contribution in [0.25, 0.3) is 0 Å². The van der Waals surface area contributed by atoms with E-state index >= 15 is 0 Å². The highest BCUT2D eigenvalue weighted by Gasteiger charge is 1.97. The van der Waals surface area contributed by atoms with Crippen LogP contribution in [-0.4, -0.2) is 11.7 Å². The van der Waals surface area contributed by atoms with Crippen molar-refractivity contribution >= 4 is 0 Å². The Balaban J connectivity index is 2.04. The van der Waals surface area contributed by atoms with Gasteiger partial charge < -0.3 is 5.11 Å². The first kappa shape index (κ1) is 14.0. The van der Waals surface area contributed by atoms with Gasteiger partial charge in [0.25, 0.3) is 0 Å². The van der Waals surface area contributed by atoms with Crippen molar-refractivity contribution in [1.82, 2.24) is 0 Å². The van der Waals surface area contributed by atoms with Crippen molar-refractivity contribution in [1.29, 1.82) is 0 Å². The van der Waals surface area contributed by atoms with Gasteiger partial charge in [-0.2, -0.15) is 0 Å². The van der Waals surface area contributed by atoms with E-state index in [1.165, 1.54) is 24.0 Å². The lowest BCUT2D eigenvalue weighted by molar-refractivity contribution is 0.283. The monoisotopic (exact) mass is 232 g/mol. The van der Waals surface area contributed by atoms with Crippen molar-refractivity contribution in [3.05, 3.63) is 48.0 Å². The third kappa shape index (κ3) is 6.96. The molecule has 1 aromatic carbocycles.